The molecule has 6 heteroatoms. The average Bonchev–Trinajstić information content (AvgIpc) is 1.65. The highest BCUT2D eigenvalue weighted by atomic mass is 33.1. The topological polar surface area (TPSA) is 57.2 Å². The molecular weight excluding hydrogens is 156 g/mol. The Labute approximate surface area is 50.2 Å². The van der Waals surface area contributed by atoms with Gasteiger partial charge in [0.2, 0.25) is 0 Å². The molecular formula is CHO3S3-. The molecule has 0 aromatic heterocycles. The molecule has 0 amide bonds. The molecule has 0 aromatic carbocycles. The second-order valence-electron chi connectivity index (χ2n) is 0.561. The second-order valence-corrected chi connectivity index (χ2v) is 4.06. The number of thiocarbonyl (C=S) groups is 1. The molecule has 0 fully saturated rings. The van der Waals surface area contributed by atoms with Crippen molar-refractivity contribution in [3.05, 3.63) is 0 Å². The zero-order valence-corrected chi connectivity index (χ0v) is 5.48. The first-order valence-corrected chi connectivity index (χ1v) is 4.41. The van der Waals surface area contributed by atoms with E-state index in [1.807, 2.05) is 0 Å². The van der Waals surface area contributed by atoms with Gasteiger partial charge in [-0.15, -0.1) is 0 Å². The zero-order valence-electron chi connectivity index (χ0n) is 3.03. The molecule has 0 N–H and O–H groups in total. The molecule has 3 nitrogen and oxygen atoms in total. The summed E-state index contributed by atoms with van der Waals surface area (Å²) in [7, 11) is -4.52. The molecule has 0 aliphatic heterocycles. The summed E-state index contributed by atoms with van der Waals surface area (Å²) in [5.41, 5.74) is 0. The van der Waals surface area contributed by atoms with Crippen LogP contribution in [0.3, 0.4) is 0 Å². The van der Waals surface area contributed by atoms with Crippen molar-refractivity contribution in [2.75, 3.05) is 0 Å². The average molecular weight is 157 g/mol. The van der Waals surface area contributed by atoms with Crippen molar-refractivity contribution in [3.63, 3.8) is 0 Å². The highest BCUT2D eigenvalue weighted by molar-refractivity contribution is 8.65. The summed E-state index contributed by atoms with van der Waals surface area (Å²) in [6.07, 6.45) is 0. The largest absolute Gasteiger partial charge is 0.761 e. The Kier molecular flexibility index (Phi) is 3.53. The number of hydrogen-bond donors (Lipinski definition) is 0. The monoisotopic (exact) mass is 157 g/mol. The van der Waals surface area contributed by atoms with Gasteiger partial charge in [0.25, 0.3) is 0 Å². The van der Waals surface area contributed by atoms with Crippen molar-refractivity contribution in [2.45, 2.75) is 0 Å². The molecule has 0 saturated heterocycles. The van der Waals surface area contributed by atoms with Crippen molar-refractivity contribution >= 4 is 36.9 Å². The molecule has 0 saturated carbocycles. The number of rotatable bonds is 2. The molecule has 2 atom stereocenters. The van der Waals surface area contributed by atoms with E-state index in [-0.39, 0.29) is 0 Å². The maximum Gasteiger partial charge on any atom is 0.133 e. The first kappa shape index (κ1) is 7.35. The van der Waals surface area contributed by atoms with Gasteiger partial charge in [0.15, 0.2) is 0 Å². The van der Waals surface area contributed by atoms with Crippen LogP contribution >= 0.6 is 12.2 Å². The molecule has 0 heterocycles. The van der Waals surface area contributed by atoms with E-state index < -0.39 is 19.9 Å². The minimum Gasteiger partial charge on any atom is -0.761 e. The standard InChI is InChI=1S/CH2O3S3/c2-6(1-5)7(3)4/h1H,(H,3,4)/p-1. The Hall–Kier alpha value is 0.350. The van der Waals surface area contributed by atoms with Crippen molar-refractivity contribution in [1.29, 1.82) is 0 Å². The first-order chi connectivity index (χ1) is 3.18. The van der Waals surface area contributed by atoms with E-state index in [0.29, 0.717) is 4.70 Å². The van der Waals surface area contributed by atoms with E-state index >= 15 is 0 Å². The molecule has 0 aliphatic carbocycles. The van der Waals surface area contributed by atoms with Crippen molar-refractivity contribution < 1.29 is 13.0 Å². The van der Waals surface area contributed by atoms with Gasteiger partial charge in [-0.2, -0.15) is 0 Å². The summed E-state index contributed by atoms with van der Waals surface area (Å²) in [4.78, 5) is 0. The third kappa shape index (κ3) is 2.98. The predicted molar refractivity (Wildman–Crippen MR) is 30.7 cm³/mol. The van der Waals surface area contributed by atoms with E-state index in [2.05, 4.69) is 12.2 Å². The summed E-state index contributed by atoms with van der Waals surface area (Å²) in [5, 5.41) is 0. The summed E-state index contributed by atoms with van der Waals surface area (Å²) in [6.45, 7) is 0. The van der Waals surface area contributed by atoms with Crippen LogP contribution in [0.15, 0.2) is 0 Å². The van der Waals surface area contributed by atoms with Crippen molar-refractivity contribution in [3.8, 4) is 0 Å². The molecule has 0 aromatic rings. The molecule has 2 unspecified atom stereocenters. The van der Waals surface area contributed by atoms with Gasteiger partial charge in [-0.25, -0.2) is 4.21 Å². The van der Waals surface area contributed by atoms with Gasteiger partial charge < -0.3 is 4.55 Å². The molecule has 0 aliphatic rings. The van der Waals surface area contributed by atoms with Crippen LogP contribution in [0.1, 0.15) is 0 Å². The Bertz CT molecular complexity index is 117. The number of hydrogen-bond acceptors (Lipinski definition) is 4. The lowest BCUT2D eigenvalue weighted by molar-refractivity contribution is 0.550. The van der Waals surface area contributed by atoms with Crippen LogP contribution in [0.2, 0.25) is 0 Å². The third-order valence-electron chi connectivity index (χ3n) is 0.213. The Morgan fingerprint density at radius 1 is 1.57 bits per heavy atom. The summed E-state index contributed by atoms with van der Waals surface area (Å²) in [6, 6.07) is 0. The fourth-order valence-corrected chi connectivity index (χ4v) is 0.866. The zero-order chi connectivity index (χ0) is 5.86. The van der Waals surface area contributed by atoms with Gasteiger partial charge in [-0.1, -0.05) is 12.2 Å². The van der Waals surface area contributed by atoms with Gasteiger partial charge in [0.1, 0.15) is 9.83 Å². The van der Waals surface area contributed by atoms with E-state index in [1.165, 1.54) is 0 Å². The normalized spacial score (nSPS) is 17.9. The van der Waals surface area contributed by atoms with Crippen molar-refractivity contribution in [1.82, 2.24) is 0 Å². The van der Waals surface area contributed by atoms with Crippen LogP contribution in [0.5, 0.6) is 0 Å². The second kappa shape index (κ2) is 3.36. The van der Waals surface area contributed by atoms with E-state index in [0.717, 1.165) is 0 Å². The SMILES string of the molecule is O=S([O-])S(=O)C=S. The molecule has 0 radical (unpaired) electrons. The minimum absolute atomic E-state index is 0.684. The highest BCUT2D eigenvalue weighted by Crippen LogP contribution is 1.78. The van der Waals surface area contributed by atoms with E-state index in [4.69, 9.17) is 0 Å². The third-order valence-corrected chi connectivity index (χ3v) is 2.62. The molecule has 7 heavy (non-hydrogen) atoms. The fourth-order valence-electron chi connectivity index (χ4n) is 0.0321. The Balaban J connectivity index is 3.81. The summed E-state index contributed by atoms with van der Waals surface area (Å²) in [5.74, 6) is 0. The predicted octanol–water partition coefficient (Wildman–Crippen LogP) is -0.514. The van der Waals surface area contributed by atoms with Crippen LogP contribution in [0.25, 0.3) is 0 Å². The van der Waals surface area contributed by atoms with E-state index in [9.17, 15) is 13.0 Å². The lowest BCUT2D eigenvalue weighted by Gasteiger charge is -1.94. The van der Waals surface area contributed by atoms with Gasteiger partial charge in [-0.3, -0.25) is 4.21 Å². The maximum absolute atomic E-state index is 9.85. The van der Waals surface area contributed by atoms with Gasteiger partial charge >= 0.3 is 0 Å². The van der Waals surface area contributed by atoms with Gasteiger partial charge in [-0.05, 0) is 0 Å². The summed E-state index contributed by atoms with van der Waals surface area (Å²) < 4.78 is 29.6. The molecule has 0 spiro atoms. The van der Waals surface area contributed by atoms with E-state index in [1.54, 1.807) is 0 Å². The summed E-state index contributed by atoms with van der Waals surface area (Å²) >= 11 is 4.03. The quantitative estimate of drug-likeness (QED) is 0.307. The van der Waals surface area contributed by atoms with Crippen LogP contribution < -0.4 is 0 Å². The molecule has 0 bridgehead atoms. The van der Waals surface area contributed by atoms with Crippen LogP contribution in [0.4, 0.5) is 0 Å². The smallest absolute Gasteiger partial charge is 0.133 e. The first-order valence-electron chi connectivity index (χ1n) is 1.14. The maximum atomic E-state index is 9.85. The minimum atomic E-state index is -2.55. The Morgan fingerprint density at radius 2 is 2.00 bits per heavy atom. The van der Waals surface area contributed by atoms with Gasteiger partial charge in [0, 0.05) is 10.1 Å². The Morgan fingerprint density at radius 3 is 2.00 bits per heavy atom. The lowest BCUT2D eigenvalue weighted by atomic mass is 11.9. The highest BCUT2D eigenvalue weighted by Gasteiger charge is 1.86. The fraction of sp³-hybridized carbons (Fsp3) is 0. The van der Waals surface area contributed by atoms with Gasteiger partial charge in [0.05, 0.1) is 4.70 Å². The molecule has 0 rings (SSSR count). The van der Waals surface area contributed by atoms with Crippen LogP contribution in [-0.4, -0.2) is 17.7 Å². The lowest BCUT2D eigenvalue weighted by Crippen LogP contribution is -1.95. The van der Waals surface area contributed by atoms with Crippen LogP contribution in [-0.2, 0) is 19.9 Å². The van der Waals surface area contributed by atoms with Crippen LogP contribution in [0, 0.1) is 0 Å². The molecule has 42 valence electrons. The van der Waals surface area contributed by atoms with Crippen molar-refractivity contribution in [2.24, 2.45) is 0 Å².